The molecule has 4 heteroatoms. The summed E-state index contributed by atoms with van der Waals surface area (Å²) >= 11 is 4.05. The molecule has 0 aromatic carbocycles. The number of nitrogens with one attached hydrogen (secondary N) is 1. The molecule has 0 amide bonds. The van der Waals surface area contributed by atoms with Gasteiger partial charge < -0.3 is 5.32 Å². The molecular weight excluding hydrogens is 248 g/mol. The van der Waals surface area contributed by atoms with Crippen molar-refractivity contribution in [3.63, 3.8) is 0 Å². The minimum atomic E-state index is 0.146. The normalized spacial score (nSPS) is 32.7. The maximum atomic E-state index is 4.97. The molecule has 1 N–H and O–H groups in total. The predicted octanol–water partition coefficient (Wildman–Crippen LogP) is 2.96. The molecule has 2 nitrogen and oxygen atoms in total. The van der Waals surface area contributed by atoms with Gasteiger partial charge in [0, 0.05) is 10.1 Å². The van der Waals surface area contributed by atoms with Gasteiger partial charge in [-0.25, -0.2) is 4.98 Å². The van der Waals surface area contributed by atoms with Crippen molar-refractivity contribution in [2.24, 2.45) is 0 Å². The number of rotatable bonds is 2. The maximum Gasteiger partial charge on any atom is 0.114 e. The second kappa shape index (κ2) is 4.56. The van der Waals surface area contributed by atoms with Crippen LogP contribution < -0.4 is 5.32 Å². The molecule has 1 aromatic heterocycles. The number of fused-ring (bicyclic) bond motifs is 1. The molecule has 0 radical (unpaired) electrons. The highest BCUT2D eigenvalue weighted by atomic mass is 32.2. The Morgan fingerprint density at radius 2 is 2.18 bits per heavy atom. The molecule has 0 bridgehead atoms. The number of hydrogen-bond acceptors (Lipinski definition) is 4. The predicted molar refractivity (Wildman–Crippen MR) is 76.0 cm³/mol. The van der Waals surface area contributed by atoms with Crippen LogP contribution in [0.25, 0.3) is 0 Å². The summed E-state index contributed by atoms with van der Waals surface area (Å²) in [6.45, 7) is 2.34. The van der Waals surface area contributed by atoms with E-state index in [9.17, 15) is 0 Å². The van der Waals surface area contributed by atoms with Crippen LogP contribution in [-0.4, -0.2) is 23.0 Å². The molecular formula is C13H20N2S2. The first kappa shape index (κ1) is 12.0. The quantitative estimate of drug-likeness (QED) is 0.892. The van der Waals surface area contributed by atoms with Crippen molar-refractivity contribution < 1.29 is 0 Å². The largest absolute Gasteiger partial charge is 0.308 e. The minimum Gasteiger partial charge on any atom is -0.308 e. The summed E-state index contributed by atoms with van der Waals surface area (Å²) in [4.78, 5) is 6.53. The average molecular weight is 268 g/mol. The third-order valence-electron chi connectivity index (χ3n) is 4.23. The van der Waals surface area contributed by atoms with E-state index in [-0.39, 0.29) is 5.54 Å². The first-order chi connectivity index (χ1) is 8.26. The molecule has 0 spiro atoms. The SMILES string of the molecule is CNC1(c2nc3c(s2)CCCC3)CCSC1C. The number of aromatic nitrogens is 1. The van der Waals surface area contributed by atoms with Crippen LogP contribution in [0.4, 0.5) is 0 Å². The van der Waals surface area contributed by atoms with Crippen LogP contribution in [0.3, 0.4) is 0 Å². The van der Waals surface area contributed by atoms with E-state index < -0.39 is 0 Å². The minimum absolute atomic E-state index is 0.146. The van der Waals surface area contributed by atoms with Crippen LogP contribution in [0.15, 0.2) is 0 Å². The van der Waals surface area contributed by atoms with Gasteiger partial charge in [-0.3, -0.25) is 0 Å². The van der Waals surface area contributed by atoms with Crippen LogP contribution in [0.2, 0.25) is 0 Å². The highest BCUT2D eigenvalue weighted by Crippen LogP contribution is 2.45. The molecule has 0 saturated carbocycles. The van der Waals surface area contributed by atoms with E-state index in [0.29, 0.717) is 5.25 Å². The maximum absolute atomic E-state index is 4.97. The molecule has 3 rings (SSSR count). The summed E-state index contributed by atoms with van der Waals surface area (Å²) in [5, 5.41) is 5.57. The molecule has 17 heavy (non-hydrogen) atoms. The Bertz CT molecular complexity index is 392. The third kappa shape index (κ3) is 1.85. The fourth-order valence-corrected chi connectivity index (χ4v) is 5.97. The molecule has 2 atom stereocenters. The van der Waals surface area contributed by atoms with Crippen molar-refractivity contribution in [1.82, 2.24) is 10.3 Å². The van der Waals surface area contributed by atoms with E-state index >= 15 is 0 Å². The lowest BCUT2D eigenvalue weighted by Gasteiger charge is -2.30. The van der Waals surface area contributed by atoms with Gasteiger partial charge in [0.05, 0.1) is 11.2 Å². The molecule has 94 valence electrons. The van der Waals surface area contributed by atoms with Crippen molar-refractivity contribution in [3.8, 4) is 0 Å². The van der Waals surface area contributed by atoms with Crippen LogP contribution >= 0.6 is 23.1 Å². The topological polar surface area (TPSA) is 24.9 Å². The lowest BCUT2D eigenvalue weighted by atomic mass is 9.93. The zero-order chi connectivity index (χ0) is 11.9. The van der Waals surface area contributed by atoms with Crippen LogP contribution in [0.5, 0.6) is 0 Å². The summed E-state index contributed by atoms with van der Waals surface area (Å²) in [6.07, 6.45) is 6.36. The molecule has 1 aliphatic heterocycles. The molecule has 1 fully saturated rings. The van der Waals surface area contributed by atoms with Crippen LogP contribution in [0.1, 0.15) is 41.8 Å². The van der Waals surface area contributed by atoms with Gasteiger partial charge in [0.1, 0.15) is 5.01 Å². The summed E-state index contributed by atoms with van der Waals surface area (Å²) < 4.78 is 0. The third-order valence-corrected chi connectivity index (χ3v) is 6.91. The second-order valence-electron chi connectivity index (χ2n) is 5.08. The van der Waals surface area contributed by atoms with Gasteiger partial charge in [0.15, 0.2) is 0 Å². The molecule has 1 aliphatic carbocycles. The van der Waals surface area contributed by atoms with E-state index in [1.54, 1.807) is 4.88 Å². The fraction of sp³-hybridized carbons (Fsp3) is 0.769. The smallest absolute Gasteiger partial charge is 0.114 e. The first-order valence-electron chi connectivity index (χ1n) is 6.56. The number of aryl methyl sites for hydroxylation is 2. The van der Waals surface area contributed by atoms with E-state index in [1.165, 1.54) is 48.6 Å². The van der Waals surface area contributed by atoms with Gasteiger partial charge in [0.25, 0.3) is 0 Å². The van der Waals surface area contributed by atoms with Gasteiger partial charge in [-0.05, 0) is 44.9 Å². The van der Waals surface area contributed by atoms with Crippen molar-refractivity contribution in [3.05, 3.63) is 15.6 Å². The van der Waals surface area contributed by atoms with Crippen LogP contribution in [0, 0.1) is 0 Å². The Balaban J connectivity index is 1.99. The van der Waals surface area contributed by atoms with Crippen molar-refractivity contribution >= 4 is 23.1 Å². The van der Waals surface area contributed by atoms with E-state index in [1.807, 2.05) is 11.3 Å². The highest BCUT2D eigenvalue weighted by molar-refractivity contribution is 8.00. The summed E-state index contributed by atoms with van der Waals surface area (Å²) in [6, 6.07) is 0. The Labute approximate surface area is 112 Å². The molecule has 1 aromatic rings. The average Bonchev–Trinajstić information content (AvgIpc) is 2.92. The van der Waals surface area contributed by atoms with Gasteiger partial charge in [-0.15, -0.1) is 11.3 Å². The Hall–Kier alpha value is -0.0600. The van der Waals surface area contributed by atoms with Gasteiger partial charge in [-0.2, -0.15) is 11.8 Å². The lowest BCUT2D eigenvalue weighted by Crippen LogP contribution is -2.44. The number of thiazole rings is 1. The zero-order valence-electron chi connectivity index (χ0n) is 10.6. The molecule has 2 aliphatic rings. The van der Waals surface area contributed by atoms with Gasteiger partial charge in [0.2, 0.25) is 0 Å². The van der Waals surface area contributed by atoms with Crippen LogP contribution in [-0.2, 0) is 18.4 Å². The standard InChI is InChI=1S/C13H20N2S2/c1-9-13(14-2,7-8-16-9)12-15-10-5-3-4-6-11(10)17-12/h9,14H,3-8H2,1-2H3. The van der Waals surface area contributed by atoms with Gasteiger partial charge >= 0.3 is 0 Å². The number of thioether (sulfide) groups is 1. The lowest BCUT2D eigenvalue weighted by molar-refractivity contribution is 0.361. The van der Waals surface area contributed by atoms with Crippen molar-refractivity contribution in [2.75, 3.05) is 12.8 Å². The monoisotopic (exact) mass is 268 g/mol. The van der Waals surface area contributed by atoms with Crippen molar-refractivity contribution in [2.45, 2.75) is 49.8 Å². The summed E-state index contributed by atoms with van der Waals surface area (Å²) in [5.74, 6) is 1.26. The summed E-state index contributed by atoms with van der Waals surface area (Å²) in [7, 11) is 2.10. The molecule has 2 unspecified atom stereocenters. The number of nitrogens with zero attached hydrogens (tertiary/aromatic N) is 1. The Morgan fingerprint density at radius 1 is 1.35 bits per heavy atom. The van der Waals surface area contributed by atoms with E-state index in [4.69, 9.17) is 4.98 Å². The Morgan fingerprint density at radius 3 is 2.82 bits per heavy atom. The summed E-state index contributed by atoms with van der Waals surface area (Å²) in [5.41, 5.74) is 1.54. The van der Waals surface area contributed by atoms with E-state index in [0.717, 1.165) is 0 Å². The fourth-order valence-electron chi connectivity index (χ4n) is 3.00. The zero-order valence-corrected chi connectivity index (χ0v) is 12.2. The van der Waals surface area contributed by atoms with Gasteiger partial charge in [-0.1, -0.05) is 6.92 Å². The molecule has 1 saturated heterocycles. The Kier molecular flexibility index (Phi) is 3.22. The van der Waals surface area contributed by atoms with Crippen molar-refractivity contribution in [1.29, 1.82) is 0 Å². The number of hydrogen-bond donors (Lipinski definition) is 1. The highest BCUT2D eigenvalue weighted by Gasteiger charge is 2.44. The molecule has 2 heterocycles. The second-order valence-corrected chi connectivity index (χ2v) is 7.61. The van der Waals surface area contributed by atoms with E-state index in [2.05, 4.69) is 31.1 Å². The first-order valence-corrected chi connectivity index (χ1v) is 8.42.